The number of amides is 2. The topological polar surface area (TPSA) is 63.4 Å². The van der Waals surface area contributed by atoms with Gasteiger partial charge in [-0.3, -0.25) is 9.59 Å². The lowest BCUT2D eigenvalue weighted by Gasteiger charge is -2.42. The molecule has 1 aromatic heterocycles. The summed E-state index contributed by atoms with van der Waals surface area (Å²) in [5, 5.41) is 2.07. The summed E-state index contributed by atoms with van der Waals surface area (Å²) in [5.41, 5.74) is 7.94. The summed E-state index contributed by atoms with van der Waals surface area (Å²) in [6.45, 7) is 1.22. The zero-order valence-corrected chi connectivity index (χ0v) is 17.5. The summed E-state index contributed by atoms with van der Waals surface area (Å²) in [4.78, 5) is 29.0. The minimum Gasteiger partial charge on any atom is -0.369 e. The van der Waals surface area contributed by atoms with E-state index in [2.05, 4.69) is 23.6 Å². The highest BCUT2D eigenvalue weighted by Gasteiger charge is 2.62. The number of nitrogens with zero attached hydrogens (tertiary/aromatic N) is 1. The van der Waals surface area contributed by atoms with Crippen LogP contribution in [0.25, 0.3) is 10.4 Å². The standard InChI is InChI=1S/C24H28N2O2S/c25-22(28)24(14-17-6-1-2-7-18(17)20-8-3-13-29-20)11-5-12-26(16-24)21(27)19-15-23(19)9-4-10-23/h1-3,6-8,13,19H,4-5,9-12,14-16H2,(H2,25,28). The summed E-state index contributed by atoms with van der Waals surface area (Å²) in [6, 6.07) is 12.4. The van der Waals surface area contributed by atoms with Crippen LogP contribution < -0.4 is 5.73 Å². The molecule has 2 heterocycles. The second-order valence-corrected chi connectivity index (χ2v) is 10.2. The van der Waals surface area contributed by atoms with Crippen molar-refractivity contribution >= 4 is 23.2 Å². The van der Waals surface area contributed by atoms with E-state index in [0.717, 1.165) is 31.4 Å². The van der Waals surface area contributed by atoms with Crippen LogP contribution in [0.4, 0.5) is 0 Å². The van der Waals surface area contributed by atoms with E-state index in [-0.39, 0.29) is 17.7 Å². The molecule has 2 saturated carbocycles. The second-order valence-electron chi connectivity index (χ2n) is 9.29. The fourth-order valence-corrected chi connectivity index (χ4v) is 6.35. The molecule has 0 bridgehead atoms. The van der Waals surface area contributed by atoms with Crippen molar-refractivity contribution in [2.24, 2.45) is 22.5 Å². The molecule has 1 aromatic carbocycles. The smallest absolute Gasteiger partial charge is 0.226 e. The monoisotopic (exact) mass is 408 g/mol. The number of hydrogen-bond donors (Lipinski definition) is 1. The van der Waals surface area contributed by atoms with Crippen molar-refractivity contribution in [3.8, 4) is 10.4 Å². The molecule has 1 aliphatic heterocycles. The van der Waals surface area contributed by atoms with Crippen LogP contribution >= 0.6 is 11.3 Å². The van der Waals surface area contributed by atoms with Gasteiger partial charge in [0.05, 0.1) is 5.41 Å². The SMILES string of the molecule is NC(=O)C1(Cc2ccccc2-c2cccs2)CCCN(C(=O)C2CC23CCC3)C1. The van der Waals surface area contributed by atoms with E-state index in [9.17, 15) is 9.59 Å². The van der Waals surface area contributed by atoms with Crippen molar-refractivity contribution in [2.45, 2.75) is 44.9 Å². The lowest BCUT2D eigenvalue weighted by molar-refractivity contribution is -0.141. The first-order valence-electron chi connectivity index (χ1n) is 10.7. The van der Waals surface area contributed by atoms with Crippen LogP contribution in [0.1, 0.15) is 44.1 Å². The average Bonchev–Trinajstić information content (AvgIpc) is 3.26. The third-order valence-electron chi connectivity index (χ3n) is 7.58. The molecule has 5 rings (SSSR count). The summed E-state index contributed by atoms with van der Waals surface area (Å²) in [7, 11) is 0. The maximum absolute atomic E-state index is 13.2. The van der Waals surface area contributed by atoms with Gasteiger partial charge in [-0.25, -0.2) is 0 Å². The number of hydrogen-bond acceptors (Lipinski definition) is 3. The number of primary amides is 1. The predicted octanol–water partition coefficient (Wildman–Crippen LogP) is 4.24. The molecule has 3 aliphatic rings. The van der Waals surface area contributed by atoms with Crippen molar-refractivity contribution in [1.82, 2.24) is 4.90 Å². The Kier molecular flexibility index (Phi) is 4.54. The highest BCUT2D eigenvalue weighted by atomic mass is 32.1. The zero-order chi connectivity index (χ0) is 20.1. The molecular formula is C24H28N2O2S. The number of piperidine rings is 1. The van der Waals surface area contributed by atoms with E-state index in [1.165, 1.54) is 29.7 Å². The lowest BCUT2D eigenvalue weighted by Crippen LogP contribution is -2.54. The van der Waals surface area contributed by atoms with E-state index >= 15 is 0 Å². The summed E-state index contributed by atoms with van der Waals surface area (Å²) in [6.07, 6.45) is 6.90. The van der Waals surface area contributed by atoms with Gasteiger partial charge in [-0.2, -0.15) is 0 Å². The molecule has 3 fully saturated rings. The van der Waals surface area contributed by atoms with E-state index in [0.29, 0.717) is 18.4 Å². The highest BCUT2D eigenvalue weighted by molar-refractivity contribution is 7.13. The highest BCUT2D eigenvalue weighted by Crippen LogP contribution is 2.66. The van der Waals surface area contributed by atoms with Crippen molar-refractivity contribution < 1.29 is 9.59 Å². The van der Waals surface area contributed by atoms with Crippen molar-refractivity contribution in [1.29, 1.82) is 0 Å². The number of likely N-dealkylation sites (tertiary alicyclic amines) is 1. The van der Waals surface area contributed by atoms with Gasteiger partial charge in [-0.05, 0) is 66.5 Å². The quantitative estimate of drug-likeness (QED) is 0.804. The molecule has 2 aromatic rings. The van der Waals surface area contributed by atoms with Gasteiger partial charge in [0, 0.05) is 23.9 Å². The normalized spacial score (nSPS) is 27.4. The number of thiophene rings is 1. The van der Waals surface area contributed by atoms with E-state index < -0.39 is 5.41 Å². The van der Waals surface area contributed by atoms with Gasteiger partial charge in [0.15, 0.2) is 0 Å². The molecule has 29 heavy (non-hydrogen) atoms. The Morgan fingerprint density at radius 1 is 1.10 bits per heavy atom. The third kappa shape index (κ3) is 3.20. The molecule has 5 heteroatoms. The molecule has 4 nitrogen and oxygen atoms in total. The Hall–Kier alpha value is -2.14. The maximum atomic E-state index is 13.2. The second kappa shape index (κ2) is 6.98. The molecule has 2 N–H and O–H groups in total. The fraction of sp³-hybridized carbons (Fsp3) is 0.500. The summed E-state index contributed by atoms with van der Waals surface area (Å²) in [5.74, 6) is 0.185. The van der Waals surface area contributed by atoms with Crippen LogP contribution in [-0.2, 0) is 16.0 Å². The number of carbonyl (C=O) groups excluding carboxylic acids is 2. The molecule has 2 aliphatic carbocycles. The zero-order valence-electron chi connectivity index (χ0n) is 16.7. The van der Waals surface area contributed by atoms with Crippen LogP contribution in [0.15, 0.2) is 41.8 Å². The third-order valence-corrected chi connectivity index (χ3v) is 8.48. The molecule has 2 amide bonds. The van der Waals surface area contributed by atoms with Gasteiger partial charge in [0.1, 0.15) is 0 Å². The van der Waals surface area contributed by atoms with Gasteiger partial charge in [-0.1, -0.05) is 36.8 Å². The Bertz CT molecular complexity index is 934. The first-order valence-corrected chi connectivity index (χ1v) is 11.6. The summed E-state index contributed by atoms with van der Waals surface area (Å²) < 4.78 is 0. The Morgan fingerprint density at radius 3 is 2.59 bits per heavy atom. The molecule has 2 unspecified atom stereocenters. The molecular weight excluding hydrogens is 380 g/mol. The van der Waals surface area contributed by atoms with E-state index in [1.54, 1.807) is 11.3 Å². The number of rotatable bonds is 5. The van der Waals surface area contributed by atoms with E-state index in [4.69, 9.17) is 5.73 Å². The minimum absolute atomic E-state index is 0.193. The van der Waals surface area contributed by atoms with E-state index in [1.807, 2.05) is 23.1 Å². The van der Waals surface area contributed by atoms with Crippen LogP contribution in [0.5, 0.6) is 0 Å². The number of carbonyl (C=O) groups is 2. The molecule has 1 spiro atoms. The summed E-state index contributed by atoms with van der Waals surface area (Å²) >= 11 is 1.71. The average molecular weight is 409 g/mol. The van der Waals surface area contributed by atoms with Crippen molar-refractivity contribution in [3.63, 3.8) is 0 Å². The lowest BCUT2D eigenvalue weighted by atomic mass is 9.73. The van der Waals surface area contributed by atoms with Gasteiger partial charge in [0.2, 0.25) is 11.8 Å². The first kappa shape index (κ1) is 18.9. The van der Waals surface area contributed by atoms with Crippen molar-refractivity contribution in [2.75, 3.05) is 13.1 Å². The van der Waals surface area contributed by atoms with Crippen LogP contribution in [0, 0.1) is 16.7 Å². The van der Waals surface area contributed by atoms with Gasteiger partial charge < -0.3 is 10.6 Å². The van der Waals surface area contributed by atoms with Crippen LogP contribution in [0.3, 0.4) is 0 Å². The Labute approximate surface area is 176 Å². The number of nitrogens with two attached hydrogens (primary N) is 1. The Morgan fingerprint density at radius 2 is 1.93 bits per heavy atom. The fourth-order valence-electron chi connectivity index (χ4n) is 5.56. The Balaban J connectivity index is 1.40. The molecule has 2 atom stereocenters. The van der Waals surface area contributed by atoms with Crippen LogP contribution in [-0.4, -0.2) is 29.8 Å². The van der Waals surface area contributed by atoms with Gasteiger partial charge in [0.25, 0.3) is 0 Å². The predicted molar refractivity (Wildman–Crippen MR) is 115 cm³/mol. The number of benzene rings is 1. The van der Waals surface area contributed by atoms with Gasteiger partial charge in [-0.15, -0.1) is 11.3 Å². The molecule has 152 valence electrons. The van der Waals surface area contributed by atoms with Gasteiger partial charge >= 0.3 is 0 Å². The minimum atomic E-state index is -0.678. The van der Waals surface area contributed by atoms with Crippen LogP contribution in [0.2, 0.25) is 0 Å². The maximum Gasteiger partial charge on any atom is 0.226 e. The molecule has 1 saturated heterocycles. The molecule has 0 radical (unpaired) electrons. The largest absolute Gasteiger partial charge is 0.369 e. The first-order chi connectivity index (χ1) is 14.0. The van der Waals surface area contributed by atoms with Crippen molar-refractivity contribution in [3.05, 3.63) is 47.3 Å².